The molecule has 1 amide bonds. The molecule has 0 aliphatic carbocycles. The number of ether oxygens (including phenoxy) is 1. The number of carbonyl (C=O) groups excluding carboxylic acids is 2. The van der Waals surface area contributed by atoms with Crippen LogP contribution in [0.4, 0.5) is 11.4 Å². The van der Waals surface area contributed by atoms with Gasteiger partial charge in [-0.05, 0) is 39.0 Å². The molecule has 1 aromatic carbocycles. The van der Waals surface area contributed by atoms with Gasteiger partial charge in [0.15, 0.2) is 0 Å². The van der Waals surface area contributed by atoms with Crippen molar-refractivity contribution in [3.8, 4) is 0 Å². The molecule has 0 spiro atoms. The minimum absolute atomic E-state index is 0.00418. The third-order valence-corrected chi connectivity index (χ3v) is 3.17. The zero-order valence-corrected chi connectivity index (χ0v) is 11.6. The smallest absolute Gasteiger partial charge is 0.337 e. The fourth-order valence-corrected chi connectivity index (χ4v) is 2.25. The largest absolute Gasteiger partial charge is 0.465 e. The van der Waals surface area contributed by atoms with Gasteiger partial charge in [-0.15, -0.1) is 0 Å². The van der Waals surface area contributed by atoms with Crippen LogP contribution < -0.4 is 10.2 Å². The Hall–Kier alpha value is -2.04. The van der Waals surface area contributed by atoms with Gasteiger partial charge >= 0.3 is 5.97 Å². The number of hydrogen-bond acceptors (Lipinski definition) is 4. The van der Waals surface area contributed by atoms with Crippen LogP contribution in [0.5, 0.6) is 0 Å². The third-order valence-electron chi connectivity index (χ3n) is 3.17. The fraction of sp³-hybridized carbons (Fsp3) is 0.429. The van der Waals surface area contributed by atoms with Crippen LogP contribution in [-0.4, -0.2) is 31.1 Å². The normalized spacial score (nSPS) is 18.1. The first-order valence-electron chi connectivity index (χ1n) is 6.27. The molecule has 0 bridgehead atoms. The van der Waals surface area contributed by atoms with E-state index in [-0.39, 0.29) is 18.0 Å². The lowest BCUT2D eigenvalue weighted by atomic mass is 10.1. The summed E-state index contributed by atoms with van der Waals surface area (Å²) >= 11 is 0. The van der Waals surface area contributed by atoms with Crippen molar-refractivity contribution in [1.29, 1.82) is 0 Å². The summed E-state index contributed by atoms with van der Waals surface area (Å²) in [5.41, 5.74) is 2.02. The summed E-state index contributed by atoms with van der Waals surface area (Å²) in [7, 11) is 1.34. The number of esters is 1. The summed E-state index contributed by atoms with van der Waals surface area (Å²) in [6, 6.07) is 4.96. The molecule has 1 aliphatic heterocycles. The molecule has 1 heterocycles. The Morgan fingerprint density at radius 1 is 1.42 bits per heavy atom. The van der Waals surface area contributed by atoms with Gasteiger partial charge in [0.25, 0.3) is 0 Å². The lowest BCUT2D eigenvalue weighted by molar-refractivity contribution is -0.119. The van der Waals surface area contributed by atoms with E-state index in [9.17, 15) is 9.59 Å². The van der Waals surface area contributed by atoms with Gasteiger partial charge in [0, 0.05) is 6.04 Å². The van der Waals surface area contributed by atoms with Crippen LogP contribution in [0.3, 0.4) is 0 Å². The molecule has 0 aromatic heterocycles. The number of methoxy groups -OCH3 is 1. The van der Waals surface area contributed by atoms with E-state index >= 15 is 0 Å². The van der Waals surface area contributed by atoms with Crippen LogP contribution >= 0.6 is 0 Å². The quantitative estimate of drug-likeness (QED) is 0.828. The number of rotatable bonds is 2. The van der Waals surface area contributed by atoms with Crippen molar-refractivity contribution < 1.29 is 14.3 Å². The van der Waals surface area contributed by atoms with Crippen LogP contribution in [0.2, 0.25) is 0 Å². The second-order valence-corrected chi connectivity index (χ2v) is 4.89. The first-order valence-corrected chi connectivity index (χ1v) is 6.27. The van der Waals surface area contributed by atoms with E-state index in [0.29, 0.717) is 5.56 Å². The van der Waals surface area contributed by atoms with Crippen molar-refractivity contribution in [2.24, 2.45) is 0 Å². The Kier molecular flexibility index (Phi) is 3.46. The highest BCUT2D eigenvalue weighted by molar-refractivity contribution is 6.06. The topological polar surface area (TPSA) is 58.6 Å². The standard InChI is InChI=1S/C14H18N2O3/c1-8(2)16-12-7-10(14(18)19-4)5-6-11(12)15-9(3)13(16)17/h5-9,15H,1-4H3. The fourth-order valence-electron chi connectivity index (χ4n) is 2.25. The number of anilines is 2. The lowest BCUT2D eigenvalue weighted by Crippen LogP contribution is -2.49. The molecule has 102 valence electrons. The molecule has 5 nitrogen and oxygen atoms in total. The monoisotopic (exact) mass is 262 g/mol. The summed E-state index contributed by atoms with van der Waals surface area (Å²) in [4.78, 5) is 25.5. The molecule has 1 N–H and O–H groups in total. The van der Waals surface area contributed by atoms with Crippen LogP contribution in [0.25, 0.3) is 0 Å². The van der Waals surface area contributed by atoms with Gasteiger partial charge in [0.05, 0.1) is 24.0 Å². The second-order valence-electron chi connectivity index (χ2n) is 4.89. The summed E-state index contributed by atoms with van der Waals surface area (Å²) in [6.07, 6.45) is 0. The Balaban J connectivity index is 2.51. The van der Waals surface area contributed by atoms with E-state index in [2.05, 4.69) is 5.32 Å². The van der Waals surface area contributed by atoms with Crippen molar-refractivity contribution in [3.05, 3.63) is 23.8 Å². The minimum Gasteiger partial charge on any atom is -0.465 e. The number of benzene rings is 1. The molecular formula is C14H18N2O3. The van der Waals surface area contributed by atoms with Crippen LogP contribution in [0, 0.1) is 0 Å². The summed E-state index contributed by atoms with van der Waals surface area (Å²) in [5.74, 6) is -0.401. The molecule has 0 saturated heterocycles. The SMILES string of the molecule is COC(=O)c1ccc2c(c1)N(C(C)C)C(=O)C(C)N2. The van der Waals surface area contributed by atoms with Crippen molar-refractivity contribution in [1.82, 2.24) is 0 Å². The molecule has 1 aliphatic rings. The number of fused-ring (bicyclic) bond motifs is 1. The van der Waals surface area contributed by atoms with Gasteiger partial charge in [-0.2, -0.15) is 0 Å². The average Bonchev–Trinajstić information content (AvgIpc) is 2.38. The minimum atomic E-state index is -0.405. The summed E-state index contributed by atoms with van der Waals surface area (Å²) < 4.78 is 4.71. The van der Waals surface area contributed by atoms with Gasteiger partial charge in [0.1, 0.15) is 6.04 Å². The van der Waals surface area contributed by atoms with Crippen LogP contribution in [-0.2, 0) is 9.53 Å². The summed E-state index contributed by atoms with van der Waals surface area (Å²) in [6.45, 7) is 5.73. The van der Waals surface area contributed by atoms with Gasteiger partial charge in [-0.1, -0.05) is 0 Å². The van der Waals surface area contributed by atoms with Gasteiger partial charge in [-0.25, -0.2) is 4.79 Å². The van der Waals surface area contributed by atoms with Gasteiger partial charge < -0.3 is 15.0 Å². The molecule has 19 heavy (non-hydrogen) atoms. The van der Waals surface area contributed by atoms with Gasteiger partial charge in [-0.3, -0.25) is 4.79 Å². The van der Waals surface area contributed by atoms with Crippen molar-refractivity contribution in [2.45, 2.75) is 32.9 Å². The average molecular weight is 262 g/mol. The molecule has 1 aromatic rings. The number of nitrogens with one attached hydrogen (secondary N) is 1. The van der Waals surface area contributed by atoms with E-state index in [1.54, 1.807) is 23.1 Å². The maximum absolute atomic E-state index is 12.2. The molecule has 0 fully saturated rings. The first-order chi connectivity index (χ1) is 8.95. The molecule has 2 rings (SSSR count). The Labute approximate surface area is 112 Å². The predicted octanol–water partition coefficient (Wildman–Crippen LogP) is 2.03. The Morgan fingerprint density at radius 2 is 2.11 bits per heavy atom. The maximum atomic E-state index is 12.2. The molecule has 0 saturated carbocycles. The number of hydrogen-bond donors (Lipinski definition) is 1. The molecule has 1 unspecified atom stereocenters. The molecular weight excluding hydrogens is 244 g/mol. The van der Waals surface area contributed by atoms with E-state index in [1.165, 1.54) is 7.11 Å². The maximum Gasteiger partial charge on any atom is 0.337 e. The van der Waals surface area contributed by atoms with E-state index in [4.69, 9.17) is 4.74 Å². The van der Waals surface area contributed by atoms with Crippen molar-refractivity contribution in [3.63, 3.8) is 0 Å². The molecule has 0 radical (unpaired) electrons. The van der Waals surface area contributed by atoms with Gasteiger partial charge in [0.2, 0.25) is 5.91 Å². The van der Waals surface area contributed by atoms with Crippen LogP contribution in [0.1, 0.15) is 31.1 Å². The van der Waals surface area contributed by atoms with Crippen molar-refractivity contribution >= 4 is 23.3 Å². The number of nitrogens with zero attached hydrogens (tertiary/aromatic N) is 1. The molecule has 1 atom stereocenters. The van der Waals surface area contributed by atoms with E-state index in [0.717, 1.165) is 11.4 Å². The van der Waals surface area contributed by atoms with Crippen molar-refractivity contribution in [2.75, 3.05) is 17.3 Å². The third kappa shape index (κ3) is 2.28. The Bertz CT molecular complexity index is 525. The number of amides is 1. The highest BCUT2D eigenvalue weighted by Gasteiger charge is 2.31. The van der Waals surface area contributed by atoms with Crippen LogP contribution in [0.15, 0.2) is 18.2 Å². The molecule has 5 heteroatoms. The highest BCUT2D eigenvalue weighted by Crippen LogP contribution is 2.33. The highest BCUT2D eigenvalue weighted by atomic mass is 16.5. The number of carbonyl (C=O) groups is 2. The first kappa shape index (κ1) is 13.4. The zero-order valence-electron chi connectivity index (χ0n) is 11.6. The second kappa shape index (κ2) is 4.91. The van der Waals surface area contributed by atoms with E-state index < -0.39 is 5.97 Å². The Morgan fingerprint density at radius 3 is 2.68 bits per heavy atom. The lowest BCUT2D eigenvalue weighted by Gasteiger charge is -2.36. The zero-order chi connectivity index (χ0) is 14.2. The summed E-state index contributed by atoms with van der Waals surface area (Å²) in [5, 5.41) is 3.14. The van der Waals surface area contributed by atoms with E-state index in [1.807, 2.05) is 20.8 Å². The predicted molar refractivity (Wildman–Crippen MR) is 73.5 cm³/mol.